The van der Waals surface area contributed by atoms with Crippen LogP contribution in [0.3, 0.4) is 0 Å². The molecule has 0 aromatic carbocycles. The van der Waals surface area contributed by atoms with E-state index in [0.717, 1.165) is 5.56 Å². The summed E-state index contributed by atoms with van der Waals surface area (Å²) >= 11 is 0. The number of amides is 2. The predicted molar refractivity (Wildman–Crippen MR) is 56.2 cm³/mol. The first kappa shape index (κ1) is 11.7. The first-order valence-corrected chi connectivity index (χ1v) is 4.52. The summed E-state index contributed by atoms with van der Waals surface area (Å²) < 4.78 is 0. The van der Waals surface area contributed by atoms with Crippen molar-refractivity contribution in [3.8, 4) is 6.07 Å². The molecule has 1 heterocycles. The molecule has 2 amide bonds. The summed E-state index contributed by atoms with van der Waals surface area (Å²) in [5.41, 5.74) is 1.27. The maximum Gasteiger partial charge on any atom is 0.313 e. The summed E-state index contributed by atoms with van der Waals surface area (Å²) in [4.78, 5) is 26.3. The normalized spacial score (nSPS) is 9.00. The van der Waals surface area contributed by atoms with Gasteiger partial charge in [-0.1, -0.05) is 0 Å². The van der Waals surface area contributed by atoms with Crippen LogP contribution in [0.4, 0.5) is 5.69 Å². The molecule has 1 rings (SSSR count). The second-order valence-electron chi connectivity index (χ2n) is 2.99. The van der Waals surface area contributed by atoms with Gasteiger partial charge in [-0.05, 0) is 18.6 Å². The van der Waals surface area contributed by atoms with Gasteiger partial charge in [-0.25, -0.2) is 0 Å². The van der Waals surface area contributed by atoms with Crippen molar-refractivity contribution < 1.29 is 9.59 Å². The Balaban J connectivity index is 2.62. The standard InChI is InChI=1S/C10H10N4O2/c1-7-6-12-4-2-8(7)14-10(16)9(15)13-5-3-11/h2,4,6H,5H2,1H3,(H,13,15)(H,12,14,16). The lowest BCUT2D eigenvalue weighted by molar-refractivity contribution is -0.136. The number of anilines is 1. The molecule has 0 aliphatic rings. The number of rotatable bonds is 2. The third kappa shape index (κ3) is 3.06. The number of nitrogens with one attached hydrogen (secondary N) is 2. The number of aromatic nitrogens is 1. The van der Waals surface area contributed by atoms with E-state index in [4.69, 9.17) is 5.26 Å². The van der Waals surface area contributed by atoms with Crippen molar-refractivity contribution in [2.45, 2.75) is 6.92 Å². The van der Waals surface area contributed by atoms with Crippen molar-refractivity contribution in [1.82, 2.24) is 10.3 Å². The number of hydrogen-bond donors (Lipinski definition) is 2. The smallest absolute Gasteiger partial charge is 0.313 e. The van der Waals surface area contributed by atoms with E-state index >= 15 is 0 Å². The molecule has 1 aromatic rings. The van der Waals surface area contributed by atoms with Gasteiger partial charge in [0.05, 0.1) is 6.07 Å². The van der Waals surface area contributed by atoms with Gasteiger partial charge in [0.15, 0.2) is 0 Å². The largest absolute Gasteiger partial charge is 0.335 e. The molecular formula is C10H10N4O2. The highest BCUT2D eigenvalue weighted by molar-refractivity contribution is 6.39. The fourth-order valence-electron chi connectivity index (χ4n) is 0.993. The zero-order chi connectivity index (χ0) is 12.0. The van der Waals surface area contributed by atoms with Gasteiger partial charge in [0.2, 0.25) is 0 Å². The topological polar surface area (TPSA) is 94.9 Å². The lowest BCUT2D eigenvalue weighted by Crippen LogP contribution is -2.35. The molecule has 0 aliphatic carbocycles. The monoisotopic (exact) mass is 218 g/mol. The van der Waals surface area contributed by atoms with Gasteiger partial charge in [-0.2, -0.15) is 5.26 Å². The number of nitrogens with zero attached hydrogens (tertiary/aromatic N) is 2. The van der Waals surface area contributed by atoms with Crippen LogP contribution in [-0.4, -0.2) is 23.3 Å². The Bertz CT molecular complexity index is 450. The first-order valence-electron chi connectivity index (χ1n) is 4.52. The first-order chi connectivity index (χ1) is 7.65. The molecule has 0 aliphatic heterocycles. The molecule has 0 saturated carbocycles. The fraction of sp³-hybridized carbons (Fsp3) is 0.200. The molecule has 0 fully saturated rings. The van der Waals surface area contributed by atoms with Crippen molar-refractivity contribution in [3.05, 3.63) is 24.0 Å². The molecule has 0 atom stereocenters. The van der Waals surface area contributed by atoms with E-state index in [1.54, 1.807) is 25.3 Å². The van der Waals surface area contributed by atoms with Crippen molar-refractivity contribution in [2.24, 2.45) is 0 Å². The van der Waals surface area contributed by atoms with E-state index in [2.05, 4.69) is 15.6 Å². The fourth-order valence-corrected chi connectivity index (χ4v) is 0.993. The average molecular weight is 218 g/mol. The number of carbonyl (C=O) groups is 2. The Morgan fingerprint density at radius 1 is 1.50 bits per heavy atom. The molecule has 6 nitrogen and oxygen atoms in total. The van der Waals surface area contributed by atoms with Gasteiger partial charge in [-0.15, -0.1) is 0 Å². The maximum atomic E-state index is 11.3. The number of hydrogen-bond acceptors (Lipinski definition) is 4. The molecule has 0 unspecified atom stereocenters. The number of carbonyl (C=O) groups excluding carboxylic acids is 2. The molecule has 0 spiro atoms. The molecule has 16 heavy (non-hydrogen) atoms. The van der Waals surface area contributed by atoms with E-state index in [9.17, 15) is 9.59 Å². The molecule has 0 bridgehead atoms. The summed E-state index contributed by atoms with van der Waals surface area (Å²) in [6, 6.07) is 3.29. The molecule has 0 saturated heterocycles. The molecule has 2 N–H and O–H groups in total. The minimum absolute atomic E-state index is 0.193. The van der Waals surface area contributed by atoms with Crippen LogP contribution >= 0.6 is 0 Å². The van der Waals surface area contributed by atoms with Crippen LogP contribution in [0.15, 0.2) is 18.5 Å². The van der Waals surface area contributed by atoms with Crippen molar-refractivity contribution in [2.75, 3.05) is 11.9 Å². The van der Waals surface area contributed by atoms with E-state index in [1.807, 2.05) is 0 Å². The van der Waals surface area contributed by atoms with Gasteiger partial charge in [0, 0.05) is 18.1 Å². The lowest BCUT2D eigenvalue weighted by atomic mass is 10.2. The average Bonchev–Trinajstić information content (AvgIpc) is 2.28. The van der Waals surface area contributed by atoms with Crippen LogP contribution in [0.1, 0.15) is 5.56 Å². The molecular weight excluding hydrogens is 208 g/mol. The summed E-state index contributed by atoms with van der Waals surface area (Å²) in [7, 11) is 0. The van der Waals surface area contributed by atoms with E-state index in [1.165, 1.54) is 6.20 Å². The molecule has 0 radical (unpaired) electrons. The second kappa shape index (κ2) is 5.46. The summed E-state index contributed by atoms with van der Waals surface area (Å²) in [5, 5.41) is 12.8. The minimum Gasteiger partial charge on any atom is -0.335 e. The quantitative estimate of drug-likeness (QED) is 0.538. The van der Waals surface area contributed by atoms with Crippen LogP contribution in [0.2, 0.25) is 0 Å². The van der Waals surface area contributed by atoms with Crippen LogP contribution in [0, 0.1) is 18.3 Å². The highest BCUT2D eigenvalue weighted by atomic mass is 16.2. The van der Waals surface area contributed by atoms with Crippen LogP contribution in [-0.2, 0) is 9.59 Å². The highest BCUT2D eigenvalue weighted by Gasteiger charge is 2.13. The summed E-state index contributed by atoms with van der Waals surface area (Å²) in [5.74, 6) is -1.64. The Morgan fingerprint density at radius 3 is 2.88 bits per heavy atom. The molecule has 1 aromatic heterocycles. The van der Waals surface area contributed by atoms with Crippen LogP contribution < -0.4 is 10.6 Å². The summed E-state index contributed by atoms with van der Waals surface area (Å²) in [6.07, 6.45) is 3.08. The van der Waals surface area contributed by atoms with Crippen molar-refractivity contribution in [3.63, 3.8) is 0 Å². The van der Waals surface area contributed by atoms with E-state index < -0.39 is 11.8 Å². The van der Waals surface area contributed by atoms with E-state index in [0.29, 0.717) is 5.69 Å². The SMILES string of the molecule is Cc1cnccc1NC(=O)C(=O)NCC#N. The maximum absolute atomic E-state index is 11.3. The van der Waals surface area contributed by atoms with Gasteiger partial charge >= 0.3 is 11.8 Å². The van der Waals surface area contributed by atoms with Crippen molar-refractivity contribution >= 4 is 17.5 Å². The third-order valence-electron chi connectivity index (χ3n) is 1.80. The molecule has 6 heteroatoms. The van der Waals surface area contributed by atoms with Crippen molar-refractivity contribution in [1.29, 1.82) is 5.26 Å². The van der Waals surface area contributed by atoms with Crippen LogP contribution in [0.25, 0.3) is 0 Å². The Kier molecular flexibility index (Phi) is 3.98. The minimum atomic E-state index is -0.835. The second-order valence-corrected chi connectivity index (χ2v) is 2.99. The zero-order valence-corrected chi connectivity index (χ0v) is 8.65. The zero-order valence-electron chi connectivity index (χ0n) is 8.65. The number of aryl methyl sites for hydroxylation is 1. The number of pyridine rings is 1. The lowest BCUT2D eigenvalue weighted by Gasteiger charge is -2.06. The Morgan fingerprint density at radius 2 is 2.25 bits per heavy atom. The van der Waals surface area contributed by atoms with Gasteiger partial charge in [-0.3, -0.25) is 14.6 Å². The van der Waals surface area contributed by atoms with Gasteiger partial charge in [0.25, 0.3) is 0 Å². The third-order valence-corrected chi connectivity index (χ3v) is 1.80. The Hall–Kier alpha value is -2.42. The van der Waals surface area contributed by atoms with E-state index in [-0.39, 0.29) is 6.54 Å². The van der Waals surface area contributed by atoms with Gasteiger partial charge in [0.1, 0.15) is 6.54 Å². The summed E-state index contributed by atoms with van der Waals surface area (Å²) in [6.45, 7) is 1.57. The number of nitriles is 1. The van der Waals surface area contributed by atoms with Gasteiger partial charge < -0.3 is 10.6 Å². The molecule has 82 valence electrons. The predicted octanol–water partition coefficient (Wildman–Crippen LogP) is -0.0317. The highest BCUT2D eigenvalue weighted by Crippen LogP contribution is 2.10. The van der Waals surface area contributed by atoms with Crippen LogP contribution in [0.5, 0.6) is 0 Å². The Labute approximate surface area is 92.3 Å².